The van der Waals surface area contributed by atoms with Crippen LogP contribution in [0.5, 0.6) is 0 Å². The van der Waals surface area contributed by atoms with Crippen LogP contribution in [0, 0.1) is 5.92 Å². The molecular formula is C9H19NO2S. The van der Waals surface area contributed by atoms with E-state index < -0.39 is 10.8 Å². The average Bonchev–Trinajstić information content (AvgIpc) is 2.57. The predicted octanol–water partition coefficient (Wildman–Crippen LogP) is 0.509. The van der Waals surface area contributed by atoms with E-state index >= 15 is 0 Å². The van der Waals surface area contributed by atoms with Crippen LogP contribution < -0.4 is 5.73 Å². The summed E-state index contributed by atoms with van der Waals surface area (Å²) in [5.74, 6) is 1.31. The Labute approximate surface area is 82.5 Å². The van der Waals surface area contributed by atoms with Gasteiger partial charge in [-0.3, -0.25) is 4.21 Å². The molecule has 1 saturated heterocycles. The highest BCUT2D eigenvalue weighted by Crippen LogP contribution is 2.15. The van der Waals surface area contributed by atoms with Crippen molar-refractivity contribution in [3.05, 3.63) is 0 Å². The fraction of sp³-hybridized carbons (Fsp3) is 1.00. The van der Waals surface area contributed by atoms with Crippen molar-refractivity contribution in [3.63, 3.8) is 0 Å². The second kappa shape index (κ2) is 5.73. The van der Waals surface area contributed by atoms with Crippen LogP contribution in [-0.4, -0.2) is 35.0 Å². The van der Waals surface area contributed by atoms with Crippen molar-refractivity contribution in [3.8, 4) is 0 Å². The van der Waals surface area contributed by atoms with Crippen molar-refractivity contribution in [2.45, 2.75) is 25.0 Å². The number of nitrogens with two attached hydrogens (primary N) is 1. The minimum Gasteiger partial charge on any atom is -0.381 e. The molecule has 0 amide bonds. The van der Waals surface area contributed by atoms with Gasteiger partial charge in [0.15, 0.2) is 0 Å². The van der Waals surface area contributed by atoms with Gasteiger partial charge in [0, 0.05) is 28.4 Å². The fourth-order valence-corrected chi connectivity index (χ4v) is 2.93. The molecule has 0 aromatic carbocycles. The molecule has 1 rings (SSSR count). The van der Waals surface area contributed by atoms with E-state index in [2.05, 4.69) is 0 Å². The molecule has 0 radical (unpaired) electrons. The van der Waals surface area contributed by atoms with Crippen LogP contribution in [0.4, 0.5) is 0 Å². The molecule has 0 aliphatic carbocycles. The van der Waals surface area contributed by atoms with E-state index in [9.17, 15) is 4.21 Å². The summed E-state index contributed by atoms with van der Waals surface area (Å²) in [5, 5.41) is 0.241. The van der Waals surface area contributed by atoms with Crippen LogP contribution in [0.1, 0.15) is 19.8 Å². The zero-order chi connectivity index (χ0) is 9.68. The standard InChI is InChI=1S/C9H19NO2S/c1-8(2-4-10)13(11)7-9-3-5-12-6-9/h8-9H,2-7,10H2,1H3. The SMILES string of the molecule is CC(CCN)S(=O)CC1CCOC1. The zero-order valence-corrected chi connectivity index (χ0v) is 9.02. The highest BCUT2D eigenvalue weighted by atomic mass is 32.2. The van der Waals surface area contributed by atoms with Gasteiger partial charge in [-0.1, -0.05) is 6.92 Å². The van der Waals surface area contributed by atoms with Crippen LogP contribution in [-0.2, 0) is 15.5 Å². The highest BCUT2D eigenvalue weighted by Gasteiger charge is 2.20. The molecule has 0 aromatic rings. The third kappa shape index (κ3) is 3.75. The number of rotatable bonds is 5. The van der Waals surface area contributed by atoms with Gasteiger partial charge in [-0.2, -0.15) is 0 Å². The smallest absolute Gasteiger partial charge is 0.0503 e. The largest absolute Gasteiger partial charge is 0.381 e. The molecule has 1 aliphatic rings. The van der Waals surface area contributed by atoms with E-state index in [0.29, 0.717) is 12.5 Å². The Kier molecular flexibility index (Phi) is 4.91. The quantitative estimate of drug-likeness (QED) is 0.711. The van der Waals surface area contributed by atoms with Crippen molar-refractivity contribution in [1.29, 1.82) is 0 Å². The van der Waals surface area contributed by atoms with E-state index in [1.165, 1.54) is 0 Å². The van der Waals surface area contributed by atoms with Gasteiger partial charge < -0.3 is 10.5 Å². The Morgan fingerprint density at radius 2 is 2.46 bits per heavy atom. The van der Waals surface area contributed by atoms with Crippen molar-refractivity contribution in [2.75, 3.05) is 25.5 Å². The monoisotopic (exact) mass is 205 g/mol. The van der Waals surface area contributed by atoms with Crippen LogP contribution in [0.25, 0.3) is 0 Å². The molecule has 0 bridgehead atoms. The number of hydrogen-bond donors (Lipinski definition) is 1. The predicted molar refractivity (Wildman–Crippen MR) is 55.1 cm³/mol. The maximum Gasteiger partial charge on any atom is 0.0503 e. The van der Waals surface area contributed by atoms with E-state index in [-0.39, 0.29) is 5.25 Å². The van der Waals surface area contributed by atoms with Gasteiger partial charge in [0.1, 0.15) is 0 Å². The minimum atomic E-state index is -0.714. The van der Waals surface area contributed by atoms with Crippen LogP contribution in [0.3, 0.4) is 0 Å². The first-order valence-corrected chi connectivity index (χ1v) is 6.27. The molecule has 13 heavy (non-hydrogen) atoms. The van der Waals surface area contributed by atoms with Gasteiger partial charge in [0.05, 0.1) is 6.61 Å². The summed E-state index contributed by atoms with van der Waals surface area (Å²) in [7, 11) is -0.714. The summed E-state index contributed by atoms with van der Waals surface area (Å²) in [5.41, 5.74) is 5.42. The Bertz CT molecular complexity index is 169. The Balaban J connectivity index is 2.22. The van der Waals surface area contributed by atoms with E-state index in [4.69, 9.17) is 10.5 Å². The third-order valence-corrected chi connectivity index (χ3v) is 4.38. The second-order valence-electron chi connectivity index (χ2n) is 3.66. The normalized spacial score (nSPS) is 27.4. The summed E-state index contributed by atoms with van der Waals surface area (Å²) < 4.78 is 16.9. The maximum atomic E-state index is 11.7. The Morgan fingerprint density at radius 3 is 3.00 bits per heavy atom. The maximum absolute atomic E-state index is 11.7. The highest BCUT2D eigenvalue weighted by molar-refractivity contribution is 7.85. The molecule has 2 N–H and O–H groups in total. The molecule has 1 fully saturated rings. The first-order chi connectivity index (χ1) is 6.24. The van der Waals surface area contributed by atoms with E-state index in [0.717, 1.165) is 31.8 Å². The topological polar surface area (TPSA) is 52.3 Å². The van der Waals surface area contributed by atoms with E-state index in [1.807, 2.05) is 6.92 Å². The third-order valence-electron chi connectivity index (χ3n) is 2.45. The molecule has 78 valence electrons. The number of ether oxygens (including phenoxy) is 1. The van der Waals surface area contributed by atoms with Crippen LogP contribution in [0.15, 0.2) is 0 Å². The average molecular weight is 205 g/mol. The van der Waals surface area contributed by atoms with Gasteiger partial charge in [-0.15, -0.1) is 0 Å². The summed E-state index contributed by atoms with van der Waals surface area (Å²) in [6, 6.07) is 0. The molecule has 4 heteroatoms. The molecule has 1 aliphatic heterocycles. The number of hydrogen-bond acceptors (Lipinski definition) is 3. The zero-order valence-electron chi connectivity index (χ0n) is 8.20. The molecule has 0 aromatic heterocycles. The first kappa shape index (κ1) is 11.1. The van der Waals surface area contributed by atoms with Gasteiger partial charge in [0.2, 0.25) is 0 Å². The second-order valence-corrected chi connectivity index (χ2v) is 5.56. The van der Waals surface area contributed by atoms with Crippen molar-refractivity contribution >= 4 is 10.8 Å². The van der Waals surface area contributed by atoms with Crippen LogP contribution in [0.2, 0.25) is 0 Å². The van der Waals surface area contributed by atoms with Crippen molar-refractivity contribution in [2.24, 2.45) is 11.7 Å². The summed E-state index contributed by atoms with van der Waals surface area (Å²) >= 11 is 0. The summed E-state index contributed by atoms with van der Waals surface area (Å²) in [6.45, 7) is 4.28. The van der Waals surface area contributed by atoms with Crippen LogP contribution >= 0.6 is 0 Å². The van der Waals surface area contributed by atoms with Gasteiger partial charge in [-0.05, 0) is 25.3 Å². The molecule has 0 spiro atoms. The molecular weight excluding hydrogens is 186 g/mol. The molecule has 3 unspecified atom stereocenters. The minimum absolute atomic E-state index is 0.241. The van der Waals surface area contributed by atoms with Crippen molar-refractivity contribution < 1.29 is 8.95 Å². The van der Waals surface area contributed by atoms with Gasteiger partial charge in [0.25, 0.3) is 0 Å². The Hall–Kier alpha value is 0.0700. The lowest BCUT2D eigenvalue weighted by molar-refractivity contribution is 0.189. The van der Waals surface area contributed by atoms with Gasteiger partial charge in [-0.25, -0.2) is 0 Å². The molecule has 3 nitrogen and oxygen atoms in total. The first-order valence-electron chi connectivity index (χ1n) is 4.89. The Morgan fingerprint density at radius 1 is 1.69 bits per heavy atom. The van der Waals surface area contributed by atoms with Gasteiger partial charge >= 0.3 is 0 Å². The lowest BCUT2D eigenvalue weighted by Gasteiger charge is -2.12. The lowest BCUT2D eigenvalue weighted by atomic mass is 10.2. The molecule has 1 heterocycles. The molecule has 3 atom stereocenters. The summed E-state index contributed by atoms with van der Waals surface area (Å²) in [6.07, 6.45) is 1.93. The van der Waals surface area contributed by atoms with E-state index in [1.54, 1.807) is 0 Å². The lowest BCUT2D eigenvalue weighted by Crippen LogP contribution is -2.22. The fourth-order valence-electron chi connectivity index (χ4n) is 1.48. The molecule has 0 saturated carbocycles. The summed E-state index contributed by atoms with van der Waals surface area (Å²) in [4.78, 5) is 0. The van der Waals surface area contributed by atoms with Crippen molar-refractivity contribution in [1.82, 2.24) is 0 Å².